The first kappa shape index (κ1) is 16.8. The van der Waals surface area contributed by atoms with Crippen molar-refractivity contribution in [3.05, 3.63) is 55.8 Å². The van der Waals surface area contributed by atoms with Crippen molar-refractivity contribution in [2.45, 2.75) is 40.3 Å². The number of nitrogens with one attached hydrogen (secondary N) is 2. The summed E-state index contributed by atoms with van der Waals surface area (Å²) >= 11 is 0. The van der Waals surface area contributed by atoms with Crippen LogP contribution in [0.15, 0.2) is 33.9 Å². The van der Waals surface area contributed by atoms with Crippen molar-refractivity contribution in [3.63, 3.8) is 0 Å². The second-order valence-electron chi connectivity index (χ2n) is 6.80. The van der Waals surface area contributed by atoms with E-state index in [9.17, 15) is 9.59 Å². The van der Waals surface area contributed by atoms with E-state index in [-0.39, 0.29) is 11.5 Å². The Morgan fingerprint density at radius 1 is 1.09 bits per heavy atom. The molecule has 2 aromatic carbocycles. The molecule has 0 aromatic heterocycles. The second kappa shape index (κ2) is 6.25. The van der Waals surface area contributed by atoms with Crippen LogP contribution in [-0.4, -0.2) is 6.04 Å². The summed E-state index contributed by atoms with van der Waals surface area (Å²) < 4.78 is 0. The first-order valence-electron chi connectivity index (χ1n) is 7.57. The molecule has 0 aliphatic carbocycles. The SMILES string of the molecule is CC(Nc1c(NCc2ccc(C#N)cc2)c(=O)c1=O)C(C)(C)C. The smallest absolute Gasteiger partial charge is 0.253 e. The molecule has 2 rings (SSSR count). The minimum atomic E-state index is -0.484. The van der Waals surface area contributed by atoms with E-state index in [1.807, 2.05) is 19.1 Å². The van der Waals surface area contributed by atoms with Crippen molar-refractivity contribution in [2.24, 2.45) is 5.41 Å². The quantitative estimate of drug-likeness (QED) is 0.830. The van der Waals surface area contributed by atoms with Crippen LogP contribution in [0, 0.1) is 16.7 Å². The van der Waals surface area contributed by atoms with Crippen molar-refractivity contribution < 1.29 is 0 Å². The van der Waals surface area contributed by atoms with E-state index in [2.05, 4.69) is 37.5 Å². The van der Waals surface area contributed by atoms with Gasteiger partial charge in [-0.05, 0) is 30.0 Å². The van der Waals surface area contributed by atoms with Gasteiger partial charge in [0.25, 0.3) is 10.9 Å². The Morgan fingerprint density at radius 3 is 2.17 bits per heavy atom. The van der Waals surface area contributed by atoms with Crippen LogP contribution >= 0.6 is 0 Å². The molecule has 0 radical (unpaired) electrons. The van der Waals surface area contributed by atoms with Gasteiger partial charge in [0.2, 0.25) is 0 Å². The number of rotatable bonds is 5. The van der Waals surface area contributed by atoms with Gasteiger partial charge in [-0.1, -0.05) is 32.9 Å². The molecule has 0 aliphatic heterocycles. The second-order valence-corrected chi connectivity index (χ2v) is 6.80. The third-order valence-corrected chi connectivity index (χ3v) is 4.12. The molecule has 0 aliphatic rings. The average Bonchev–Trinajstić information content (AvgIpc) is 2.52. The highest BCUT2D eigenvalue weighted by Crippen LogP contribution is 2.25. The molecule has 5 nitrogen and oxygen atoms in total. The number of anilines is 2. The van der Waals surface area contributed by atoms with Gasteiger partial charge >= 0.3 is 0 Å². The van der Waals surface area contributed by atoms with Crippen molar-refractivity contribution in [1.29, 1.82) is 5.26 Å². The summed E-state index contributed by atoms with van der Waals surface area (Å²) in [6.07, 6.45) is 0. The Labute approximate surface area is 135 Å². The topological polar surface area (TPSA) is 82.0 Å². The van der Waals surface area contributed by atoms with Crippen molar-refractivity contribution >= 4 is 11.4 Å². The summed E-state index contributed by atoms with van der Waals surface area (Å²) in [7, 11) is 0. The lowest BCUT2D eigenvalue weighted by atomic mass is 9.87. The highest BCUT2D eigenvalue weighted by Gasteiger charge is 2.26. The molecule has 0 bridgehead atoms. The van der Waals surface area contributed by atoms with E-state index in [1.165, 1.54) is 0 Å². The van der Waals surface area contributed by atoms with Gasteiger partial charge in [0.15, 0.2) is 0 Å². The number of hydrogen-bond acceptors (Lipinski definition) is 5. The number of nitriles is 1. The van der Waals surface area contributed by atoms with Crippen molar-refractivity contribution in [2.75, 3.05) is 10.6 Å². The van der Waals surface area contributed by atoms with Gasteiger partial charge in [-0.2, -0.15) is 5.26 Å². The minimum Gasteiger partial charge on any atom is -0.377 e. The largest absolute Gasteiger partial charge is 0.377 e. The number of hydrogen-bond donors (Lipinski definition) is 2. The Hall–Kier alpha value is -2.61. The maximum absolute atomic E-state index is 11.8. The zero-order valence-electron chi connectivity index (χ0n) is 13.9. The van der Waals surface area contributed by atoms with E-state index in [1.54, 1.807) is 12.1 Å². The monoisotopic (exact) mass is 311 g/mol. The number of nitrogens with zero attached hydrogens (tertiary/aromatic N) is 1. The van der Waals surface area contributed by atoms with Crippen LogP contribution in [0.5, 0.6) is 0 Å². The lowest BCUT2D eigenvalue weighted by Crippen LogP contribution is -2.41. The molecule has 1 atom stereocenters. The molecule has 0 saturated carbocycles. The number of benzene rings is 1. The van der Waals surface area contributed by atoms with Gasteiger partial charge < -0.3 is 10.6 Å². The van der Waals surface area contributed by atoms with Crippen LogP contribution in [0.3, 0.4) is 0 Å². The molecule has 2 aromatic rings. The lowest BCUT2D eigenvalue weighted by Gasteiger charge is -2.30. The van der Waals surface area contributed by atoms with Crippen LogP contribution in [0.4, 0.5) is 11.4 Å². The van der Waals surface area contributed by atoms with Gasteiger partial charge in [-0.15, -0.1) is 0 Å². The molecule has 23 heavy (non-hydrogen) atoms. The van der Waals surface area contributed by atoms with E-state index in [0.717, 1.165) is 5.56 Å². The van der Waals surface area contributed by atoms with Gasteiger partial charge in [0.1, 0.15) is 11.4 Å². The van der Waals surface area contributed by atoms with E-state index < -0.39 is 10.9 Å². The Morgan fingerprint density at radius 2 is 1.65 bits per heavy atom. The first-order chi connectivity index (χ1) is 10.7. The van der Waals surface area contributed by atoms with Gasteiger partial charge in [-0.3, -0.25) is 9.59 Å². The first-order valence-corrected chi connectivity index (χ1v) is 7.57. The fraction of sp³-hybridized carbons (Fsp3) is 0.389. The molecule has 0 spiro atoms. The standard InChI is InChI=1S/C18H21N3O2/c1-11(18(2,3)4)21-15-14(16(22)17(15)23)20-10-13-7-5-12(9-19)6-8-13/h5-8,11,20-21H,10H2,1-4H3. The fourth-order valence-corrected chi connectivity index (χ4v) is 2.02. The van der Waals surface area contributed by atoms with Gasteiger partial charge in [-0.25, -0.2) is 0 Å². The van der Waals surface area contributed by atoms with Gasteiger partial charge in [0.05, 0.1) is 11.6 Å². The van der Waals surface area contributed by atoms with E-state index in [4.69, 9.17) is 5.26 Å². The molecule has 5 heteroatoms. The minimum absolute atomic E-state index is 0.0237. The summed E-state index contributed by atoms with van der Waals surface area (Å²) in [6.45, 7) is 8.62. The summed E-state index contributed by atoms with van der Waals surface area (Å²) in [5, 5.41) is 14.9. The Balaban J connectivity index is 2.09. The van der Waals surface area contributed by atoms with E-state index >= 15 is 0 Å². The third kappa shape index (κ3) is 3.59. The zero-order chi connectivity index (χ0) is 17.2. The van der Waals surface area contributed by atoms with Crippen molar-refractivity contribution in [1.82, 2.24) is 0 Å². The van der Waals surface area contributed by atoms with Gasteiger partial charge in [0, 0.05) is 12.6 Å². The van der Waals surface area contributed by atoms with Crippen molar-refractivity contribution in [3.8, 4) is 6.07 Å². The predicted molar refractivity (Wildman–Crippen MR) is 92.4 cm³/mol. The summed E-state index contributed by atoms with van der Waals surface area (Å²) in [4.78, 5) is 23.6. The Kier molecular flexibility index (Phi) is 4.55. The summed E-state index contributed by atoms with van der Waals surface area (Å²) in [5.41, 5.74) is 1.26. The molecular weight excluding hydrogens is 290 g/mol. The molecule has 120 valence electrons. The molecular formula is C18H21N3O2. The highest BCUT2D eigenvalue weighted by molar-refractivity contribution is 5.74. The Bertz CT molecular complexity index is 801. The van der Waals surface area contributed by atoms with Crippen LogP contribution in [0.1, 0.15) is 38.8 Å². The summed E-state index contributed by atoms with van der Waals surface area (Å²) in [6, 6.07) is 9.20. The highest BCUT2D eigenvalue weighted by atomic mass is 16.2. The maximum atomic E-state index is 11.8. The molecule has 2 N–H and O–H groups in total. The zero-order valence-corrected chi connectivity index (χ0v) is 13.9. The van der Waals surface area contributed by atoms with Crippen LogP contribution in [0.2, 0.25) is 0 Å². The molecule has 0 heterocycles. The fourth-order valence-electron chi connectivity index (χ4n) is 2.02. The summed E-state index contributed by atoms with van der Waals surface area (Å²) in [5.74, 6) is 0. The van der Waals surface area contributed by atoms with Crippen LogP contribution < -0.4 is 21.5 Å². The maximum Gasteiger partial charge on any atom is 0.253 e. The van der Waals surface area contributed by atoms with E-state index in [0.29, 0.717) is 23.5 Å². The molecule has 0 saturated heterocycles. The molecule has 0 fully saturated rings. The lowest BCUT2D eigenvalue weighted by molar-refractivity contribution is 0.359. The molecule has 1 unspecified atom stereocenters. The van der Waals surface area contributed by atoms with Crippen LogP contribution in [-0.2, 0) is 6.54 Å². The van der Waals surface area contributed by atoms with Crippen LogP contribution in [0.25, 0.3) is 0 Å². The third-order valence-electron chi connectivity index (χ3n) is 4.12. The molecule has 0 amide bonds. The normalized spacial score (nSPS) is 12.7. The predicted octanol–water partition coefficient (Wildman–Crippen LogP) is 2.61. The average molecular weight is 311 g/mol.